The summed E-state index contributed by atoms with van der Waals surface area (Å²) in [6.45, 7) is 3.12. The number of nitrogens with zero attached hydrogens (tertiary/aromatic N) is 3. The molecular weight excluding hydrogens is 351 g/mol. The van der Waals surface area contributed by atoms with Crippen molar-refractivity contribution in [3.8, 4) is 0 Å². The molecule has 134 valence electrons. The van der Waals surface area contributed by atoms with Crippen molar-refractivity contribution in [2.45, 2.75) is 32.4 Å². The zero-order valence-corrected chi connectivity index (χ0v) is 15.2. The molecule has 7 heteroatoms. The van der Waals surface area contributed by atoms with Gasteiger partial charge in [-0.3, -0.25) is 4.79 Å². The van der Waals surface area contributed by atoms with Crippen LogP contribution in [0.25, 0.3) is 10.9 Å². The fourth-order valence-electron chi connectivity index (χ4n) is 3.35. The van der Waals surface area contributed by atoms with Crippen LogP contribution >= 0.6 is 11.3 Å². The number of nitrogens with one attached hydrogen (secondary N) is 1. The average molecular weight is 370 g/mol. The van der Waals surface area contributed by atoms with Crippen LogP contribution in [0.5, 0.6) is 0 Å². The van der Waals surface area contributed by atoms with Crippen LogP contribution in [-0.4, -0.2) is 28.5 Å². The largest absolute Gasteiger partial charge is 0.349 e. The third-order valence-corrected chi connectivity index (χ3v) is 5.54. The van der Waals surface area contributed by atoms with E-state index in [1.165, 1.54) is 12.1 Å². The van der Waals surface area contributed by atoms with E-state index in [0.29, 0.717) is 29.1 Å². The van der Waals surface area contributed by atoms with Gasteiger partial charge in [0.15, 0.2) is 0 Å². The monoisotopic (exact) mass is 370 g/mol. The second-order valence-electron chi connectivity index (χ2n) is 6.42. The number of aryl methyl sites for hydroxylation is 1. The lowest BCUT2D eigenvalue weighted by Gasteiger charge is -2.24. The van der Waals surface area contributed by atoms with Crippen molar-refractivity contribution in [3.63, 3.8) is 0 Å². The minimum absolute atomic E-state index is 0.00337. The highest BCUT2D eigenvalue weighted by molar-refractivity contribution is 7.09. The molecule has 0 bridgehead atoms. The minimum atomic E-state index is -0.302. The van der Waals surface area contributed by atoms with E-state index in [-0.39, 0.29) is 17.8 Å². The summed E-state index contributed by atoms with van der Waals surface area (Å²) < 4.78 is 13.5. The lowest BCUT2D eigenvalue weighted by molar-refractivity contribution is -0.122. The second-order valence-corrected chi connectivity index (χ2v) is 7.45. The number of halogens is 1. The van der Waals surface area contributed by atoms with Crippen LogP contribution in [0, 0.1) is 12.7 Å². The first kappa shape index (κ1) is 16.9. The van der Waals surface area contributed by atoms with E-state index in [1.54, 1.807) is 17.4 Å². The molecule has 3 heterocycles. The van der Waals surface area contributed by atoms with Gasteiger partial charge in [-0.05, 0) is 49.4 Å². The molecule has 1 aromatic carbocycles. The van der Waals surface area contributed by atoms with E-state index in [1.807, 2.05) is 29.3 Å². The summed E-state index contributed by atoms with van der Waals surface area (Å²) >= 11 is 1.63. The van der Waals surface area contributed by atoms with Crippen molar-refractivity contribution < 1.29 is 9.18 Å². The van der Waals surface area contributed by atoms with E-state index >= 15 is 0 Å². The Morgan fingerprint density at radius 2 is 2.27 bits per heavy atom. The predicted octanol–water partition coefficient (Wildman–Crippen LogP) is 3.42. The zero-order chi connectivity index (χ0) is 18.1. The van der Waals surface area contributed by atoms with Crippen molar-refractivity contribution >= 4 is 34.1 Å². The molecule has 4 rings (SSSR count). The Kier molecular flexibility index (Phi) is 4.55. The van der Waals surface area contributed by atoms with E-state index < -0.39 is 0 Å². The SMILES string of the molecule is Cc1nc(N2CCC[C@H]2C(=O)NCc2cccs2)nc2ccc(F)cc12. The fourth-order valence-corrected chi connectivity index (χ4v) is 4.00. The lowest BCUT2D eigenvalue weighted by atomic mass is 10.2. The molecule has 1 aliphatic rings. The summed E-state index contributed by atoms with van der Waals surface area (Å²) in [7, 11) is 0. The number of carbonyl (C=O) groups excluding carboxylic acids is 1. The molecule has 0 radical (unpaired) electrons. The Labute approximate surface area is 154 Å². The number of aromatic nitrogens is 2. The van der Waals surface area contributed by atoms with Gasteiger partial charge in [0.25, 0.3) is 0 Å². The van der Waals surface area contributed by atoms with Gasteiger partial charge in [-0.1, -0.05) is 6.07 Å². The van der Waals surface area contributed by atoms with Crippen molar-refractivity contribution in [1.29, 1.82) is 0 Å². The Morgan fingerprint density at radius 3 is 3.08 bits per heavy atom. The lowest BCUT2D eigenvalue weighted by Crippen LogP contribution is -2.43. The minimum Gasteiger partial charge on any atom is -0.349 e. The van der Waals surface area contributed by atoms with Gasteiger partial charge in [0.2, 0.25) is 11.9 Å². The highest BCUT2D eigenvalue weighted by atomic mass is 32.1. The topological polar surface area (TPSA) is 58.1 Å². The van der Waals surface area contributed by atoms with Crippen LogP contribution in [0.2, 0.25) is 0 Å². The molecule has 3 aromatic rings. The highest BCUT2D eigenvalue weighted by Crippen LogP contribution is 2.26. The standard InChI is InChI=1S/C19H19FN4OS/c1-12-15-10-13(20)6-7-16(15)23-19(22-12)24-8-2-5-17(24)18(25)21-11-14-4-3-9-26-14/h3-4,6-7,9-10,17H,2,5,8,11H2,1H3,(H,21,25)/t17-/m0/s1. The third kappa shape index (κ3) is 3.26. The quantitative estimate of drug-likeness (QED) is 0.764. The molecule has 1 N–H and O–H groups in total. The maximum atomic E-state index is 13.5. The number of rotatable bonds is 4. The summed E-state index contributed by atoms with van der Waals surface area (Å²) in [6.07, 6.45) is 1.70. The smallest absolute Gasteiger partial charge is 0.243 e. The summed E-state index contributed by atoms with van der Waals surface area (Å²) in [5.74, 6) is 0.232. The maximum absolute atomic E-state index is 13.5. The summed E-state index contributed by atoms with van der Waals surface area (Å²) in [4.78, 5) is 24.9. The molecule has 0 aliphatic carbocycles. The van der Waals surface area contributed by atoms with Gasteiger partial charge in [-0.15, -0.1) is 11.3 Å². The molecule has 0 spiro atoms. The molecule has 5 nitrogen and oxygen atoms in total. The number of fused-ring (bicyclic) bond motifs is 1. The van der Waals surface area contributed by atoms with Crippen molar-refractivity contribution in [3.05, 3.63) is 52.1 Å². The number of carbonyl (C=O) groups is 1. The highest BCUT2D eigenvalue weighted by Gasteiger charge is 2.32. The molecule has 0 unspecified atom stereocenters. The van der Waals surface area contributed by atoms with Crippen molar-refractivity contribution in [1.82, 2.24) is 15.3 Å². The van der Waals surface area contributed by atoms with Gasteiger partial charge in [0.05, 0.1) is 17.8 Å². The normalized spacial score (nSPS) is 17.0. The molecule has 1 fully saturated rings. The van der Waals surface area contributed by atoms with E-state index in [4.69, 9.17) is 0 Å². The molecule has 1 atom stereocenters. The summed E-state index contributed by atoms with van der Waals surface area (Å²) in [5.41, 5.74) is 1.41. The first-order chi connectivity index (χ1) is 12.6. The third-order valence-electron chi connectivity index (χ3n) is 4.67. The molecule has 26 heavy (non-hydrogen) atoms. The van der Waals surface area contributed by atoms with Gasteiger partial charge in [-0.25, -0.2) is 14.4 Å². The van der Waals surface area contributed by atoms with Crippen LogP contribution in [0.1, 0.15) is 23.4 Å². The molecule has 0 saturated carbocycles. The van der Waals surface area contributed by atoms with Gasteiger partial charge < -0.3 is 10.2 Å². The first-order valence-corrected chi connectivity index (χ1v) is 9.50. The maximum Gasteiger partial charge on any atom is 0.243 e. The van der Waals surface area contributed by atoms with E-state index in [0.717, 1.165) is 24.3 Å². The van der Waals surface area contributed by atoms with Crippen LogP contribution in [0.4, 0.5) is 10.3 Å². The predicted molar refractivity (Wildman–Crippen MR) is 101 cm³/mol. The summed E-state index contributed by atoms with van der Waals surface area (Å²) in [5, 5.41) is 5.71. The average Bonchev–Trinajstić information content (AvgIpc) is 3.32. The van der Waals surface area contributed by atoms with Crippen LogP contribution in [0.3, 0.4) is 0 Å². The van der Waals surface area contributed by atoms with Crippen LogP contribution in [0.15, 0.2) is 35.7 Å². The first-order valence-electron chi connectivity index (χ1n) is 8.62. The van der Waals surface area contributed by atoms with Gasteiger partial charge in [0.1, 0.15) is 11.9 Å². The molecule has 1 amide bonds. The molecular formula is C19H19FN4OS. The summed E-state index contributed by atoms with van der Waals surface area (Å²) in [6, 6.07) is 8.21. The van der Waals surface area contributed by atoms with E-state index in [9.17, 15) is 9.18 Å². The van der Waals surface area contributed by atoms with Gasteiger partial charge in [-0.2, -0.15) is 0 Å². The molecule has 1 aliphatic heterocycles. The van der Waals surface area contributed by atoms with Crippen LogP contribution in [-0.2, 0) is 11.3 Å². The Balaban J connectivity index is 1.57. The Morgan fingerprint density at radius 1 is 1.38 bits per heavy atom. The Hall–Kier alpha value is -2.54. The number of amides is 1. The van der Waals surface area contributed by atoms with Gasteiger partial charge >= 0.3 is 0 Å². The molecule has 2 aromatic heterocycles. The van der Waals surface area contributed by atoms with Crippen LogP contribution < -0.4 is 10.2 Å². The van der Waals surface area contributed by atoms with E-state index in [2.05, 4.69) is 15.3 Å². The number of benzene rings is 1. The zero-order valence-electron chi connectivity index (χ0n) is 14.4. The second kappa shape index (κ2) is 6.99. The Bertz CT molecular complexity index is 944. The number of anilines is 1. The van der Waals surface area contributed by atoms with Gasteiger partial charge in [0, 0.05) is 16.8 Å². The number of thiophene rings is 1. The van der Waals surface area contributed by atoms with Crippen molar-refractivity contribution in [2.75, 3.05) is 11.4 Å². The van der Waals surface area contributed by atoms with Crippen molar-refractivity contribution in [2.24, 2.45) is 0 Å². The number of hydrogen-bond donors (Lipinski definition) is 1. The molecule has 1 saturated heterocycles. The fraction of sp³-hybridized carbons (Fsp3) is 0.316. The number of hydrogen-bond acceptors (Lipinski definition) is 5.